The third-order valence-corrected chi connectivity index (χ3v) is 6.56. The van der Waals surface area contributed by atoms with Crippen molar-refractivity contribution in [3.05, 3.63) is 64.8 Å². The number of carbonyl (C=O) groups is 1. The highest BCUT2D eigenvalue weighted by atomic mass is 35.5. The molecule has 36 heavy (non-hydrogen) atoms. The first-order valence-electron chi connectivity index (χ1n) is 11.4. The van der Waals surface area contributed by atoms with Crippen molar-refractivity contribution < 1.29 is 13.6 Å². The SMILES string of the molecule is Cn1cnc(C(=O)N[C@H]2CCC[C@@H](Nc3nc(-c4c[nH]c5c(F)cc(Cl)cc45)c(C#N)cc3F)C2)c1. The molecule has 5 rings (SSSR count). The monoisotopic (exact) mass is 509 g/mol. The zero-order valence-corrected chi connectivity index (χ0v) is 20.0. The van der Waals surface area contributed by atoms with Gasteiger partial charge in [-0.1, -0.05) is 11.6 Å². The number of amides is 1. The highest BCUT2D eigenvalue weighted by molar-refractivity contribution is 6.31. The van der Waals surface area contributed by atoms with Crippen LogP contribution in [0.1, 0.15) is 41.7 Å². The zero-order valence-electron chi connectivity index (χ0n) is 19.3. The predicted octanol–water partition coefficient (Wildman–Crippen LogP) is 4.92. The molecule has 0 spiro atoms. The van der Waals surface area contributed by atoms with E-state index in [0.29, 0.717) is 23.1 Å². The highest BCUT2D eigenvalue weighted by Gasteiger charge is 2.26. The number of hydrogen-bond donors (Lipinski definition) is 3. The Hall–Kier alpha value is -3.97. The van der Waals surface area contributed by atoms with Crippen LogP contribution in [0.5, 0.6) is 0 Å². The Labute approximate surface area is 210 Å². The van der Waals surface area contributed by atoms with Gasteiger partial charge in [-0.2, -0.15) is 5.26 Å². The van der Waals surface area contributed by atoms with Gasteiger partial charge in [0.1, 0.15) is 17.6 Å². The number of pyridine rings is 1. The molecule has 0 radical (unpaired) electrons. The number of nitrogens with one attached hydrogen (secondary N) is 3. The van der Waals surface area contributed by atoms with Crippen molar-refractivity contribution in [2.45, 2.75) is 37.8 Å². The number of aryl methyl sites for hydroxylation is 1. The number of nitrogens with zero attached hydrogens (tertiary/aromatic N) is 4. The number of carbonyl (C=O) groups excluding carboxylic acids is 1. The van der Waals surface area contributed by atoms with Crippen molar-refractivity contribution in [3.8, 4) is 17.3 Å². The van der Waals surface area contributed by atoms with E-state index >= 15 is 0 Å². The molecule has 0 unspecified atom stereocenters. The number of aromatic amines is 1. The maximum absolute atomic E-state index is 14.9. The fraction of sp³-hybridized carbons (Fsp3) is 0.280. The molecule has 184 valence electrons. The first-order chi connectivity index (χ1) is 17.3. The molecule has 1 amide bonds. The molecule has 3 N–H and O–H groups in total. The van der Waals surface area contributed by atoms with E-state index < -0.39 is 11.6 Å². The van der Waals surface area contributed by atoms with Crippen LogP contribution in [-0.2, 0) is 7.05 Å². The Kier molecular flexibility index (Phi) is 6.33. The molecule has 3 aromatic heterocycles. The zero-order chi connectivity index (χ0) is 25.4. The third kappa shape index (κ3) is 4.62. The molecule has 0 saturated heterocycles. The van der Waals surface area contributed by atoms with E-state index in [0.717, 1.165) is 25.3 Å². The molecule has 4 aromatic rings. The Morgan fingerprint density at radius 1 is 1.25 bits per heavy atom. The lowest BCUT2D eigenvalue weighted by atomic mass is 9.90. The number of anilines is 1. The summed E-state index contributed by atoms with van der Waals surface area (Å²) in [7, 11) is 1.79. The average molecular weight is 510 g/mol. The van der Waals surface area contributed by atoms with Crippen molar-refractivity contribution in [2.75, 3.05) is 5.32 Å². The molecule has 3 heterocycles. The van der Waals surface area contributed by atoms with Crippen molar-refractivity contribution in [1.29, 1.82) is 5.26 Å². The Morgan fingerprint density at radius 3 is 2.81 bits per heavy atom. The van der Waals surface area contributed by atoms with Crippen LogP contribution >= 0.6 is 11.6 Å². The fourth-order valence-electron chi connectivity index (χ4n) is 4.67. The maximum Gasteiger partial charge on any atom is 0.271 e. The number of aromatic nitrogens is 4. The van der Waals surface area contributed by atoms with Crippen LogP contribution in [0, 0.1) is 23.0 Å². The Bertz CT molecular complexity index is 1510. The maximum atomic E-state index is 14.9. The van der Waals surface area contributed by atoms with E-state index in [1.807, 2.05) is 6.07 Å². The summed E-state index contributed by atoms with van der Waals surface area (Å²) >= 11 is 6.04. The van der Waals surface area contributed by atoms with E-state index in [2.05, 4.69) is 25.6 Å². The third-order valence-electron chi connectivity index (χ3n) is 6.35. The molecular formula is C25H22ClF2N7O. The van der Waals surface area contributed by atoms with Crippen LogP contribution in [0.2, 0.25) is 5.02 Å². The summed E-state index contributed by atoms with van der Waals surface area (Å²) in [6.07, 6.45) is 7.70. The lowest BCUT2D eigenvalue weighted by Gasteiger charge is -2.30. The van der Waals surface area contributed by atoms with Gasteiger partial charge in [0.25, 0.3) is 5.91 Å². The molecule has 1 aliphatic carbocycles. The Balaban J connectivity index is 1.39. The van der Waals surface area contributed by atoms with Crippen LogP contribution < -0.4 is 10.6 Å². The van der Waals surface area contributed by atoms with Gasteiger partial charge < -0.3 is 20.2 Å². The van der Waals surface area contributed by atoms with Crippen molar-refractivity contribution in [1.82, 2.24) is 24.8 Å². The molecule has 2 atom stereocenters. The van der Waals surface area contributed by atoms with Gasteiger partial charge in [-0.05, 0) is 43.9 Å². The normalized spacial score (nSPS) is 17.6. The second-order valence-electron chi connectivity index (χ2n) is 8.94. The van der Waals surface area contributed by atoms with Gasteiger partial charge in [-0.15, -0.1) is 0 Å². The smallest absolute Gasteiger partial charge is 0.271 e. The van der Waals surface area contributed by atoms with Gasteiger partial charge in [-0.3, -0.25) is 4.79 Å². The summed E-state index contributed by atoms with van der Waals surface area (Å²) in [6.45, 7) is 0. The largest absolute Gasteiger partial charge is 0.365 e. The average Bonchev–Trinajstić information content (AvgIpc) is 3.47. The minimum Gasteiger partial charge on any atom is -0.365 e. The molecule has 8 nitrogen and oxygen atoms in total. The summed E-state index contributed by atoms with van der Waals surface area (Å²) in [5.41, 5.74) is 1.23. The Morgan fingerprint density at radius 2 is 2.06 bits per heavy atom. The van der Waals surface area contributed by atoms with Crippen LogP contribution in [0.4, 0.5) is 14.6 Å². The lowest BCUT2D eigenvalue weighted by Crippen LogP contribution is -2.42. The number of nitriles is 1. The summed E-state index contributed by atoms with van der Waals surface area (Å²) in [5.74, 6) is -1.47. The van der Waals surface area contributed by atoms with Gasteiger partial charge >= 0.3 is 0 Å². The summed E-state index contributed by atoms with van der Waals surface area (Å²) < 4.78 is 31.0. The molecule has 11 heteroatoms. The molecule has 1 fully saturated rings. The minimum absolute atomic E-state index is 0.0115. The van der Waals surface area contributed by atoms with E-state index in [1.54, 1.807) is 30.2 Å². The number of fused-ring (bicyclic) bond motifs is 1. The fourth-order valence-corrected chi connectivity index (χ4v) is 4.87. The number of hydrogen-bond acceptors (Lipinski definition) is 5. The standard InChI is InChI=1S/C25H22ClF2N7O/c1-35-11-21(31-12-35)25(36)33-16-4-2-3-15(8-16)32-24-20(28)5-13(9-29)22(34-24)18-10-30-23-17(18)6-14(26)7-19(23)27/h5-7,10-12,15-16,30H,2-4,8H2,1H3,(H,32,34)(H,33,36)/t15-,16+/m1/s1. The van der Waals surface area contributed by atoms with Gasteiger partial charge in [0.15, 0.2) is 11.6 Å². The number of halogens is 3. The van der Waals surface area contributed by atoms with Crippen LogP contribution in [0.3, 0.4) is 0 Å². The van der Waals surface area contributed by atoms with Crippen LogP contribution in [0.25, 0.3) is 22.2 Å². The second-order valence-corrected chi connectivity index (χ2v) is 9.38. The lowest BCUT2D eigenvalue weighted by molar-refractivity contribution is 0.0921. The summed E-state index contributed by atoms with van der Waals surface area (Å²) in [6, 6.07) is 5.59. The second kappa shape index (κ2) is 9.59. The molecule has 1 aliphatic rings. The summed E-state index contributed by atoms with van der Waals surface area (Å²) in [4.78, 5) is 23.8. The van der Waals surface area contributed by atoms with E-state index in [4.69, 9.17) is 11.6 Å². The van der Waals surface area contributed by atoms with Gasteiger partial charge in [0.2, 0.25) is 0 Å². The van der Waals surface area contributed by atoms with Gasteiger partial charge in [0, 0.05) is 47.5 Å². The molecule has 0 aliphatic heterocycles. The first kappa shape index (κ1) is 23.8. The molecular weight excluding hydrogens is 488 g/mol. The topological polar surface area (TPSA) is 111 Å². The molecule has 0 bridgehead atoms. The van der Waals surface area contributed by atoms with E-state index in [1.165, 1.54) is 12.3 Å². The first-order valence-corrected chi connectivity index (χ1v) is 11.8. The number of rotatable bonds is 5. The van der Waals surface area contributed by atoms with E-state index in [9.17, 15) is 18.8 Å². The van der Waals surface area contributed by atoms with Crippen molar-refractivity contribution in [3.63, 3.8) is 0 Å². The summed E-state index contributed by atoms with van der Waals surface area (Å²) in [5, 5.41) is 16.4. The number of imidazole rings is 1. The van der Waals surface area contributed by atoms with Gasteiger partial charge in [0.05, 0.1) is 23.1 Å². The van der Waals surface area contributed by atoms with Crippen LogP contribution in [0.15, 0.2) is 36.9 Å². The number of H-pyrrole nitrogens is 1. The van der Waals surface area contributed by atoms with E-state index in [-0.39, 0.29) is 45.6 Å². The quantitative estimate of drug-likeness (QED) is 0.353. The van der Waals surface area contributed by atoms with Gasteiger partial charge in [-0.25, -0.2) is 18.7 Å². The molecule has 1 aromatic carbocycles. The van der Waals surface area contributed by atoms with Crippen molar-refractivity contribution >= 4 is 34.2 Å². The van der Waals surface area contributed by atoms with Crippen LogP contribution in [-0.4, -0.2) is 37.5 Å². The van der Waals surface area contributed by atoms with Crippen molar-refractivity contribution in [2.24, 2.45) is 7.05 Å². The highest BCUT2D eigenvalue weighted by Crippen LogP contribution is 2.34. The predicted molar refractivity (Wildman–Crippen MR) is 132 cm³/mol. The molecule has 1 saturated carbocycles. The minimum atomic E-state index is -0.668. The number of benzene rings is 1.